The predicted molar refractivity (Wildman–Crippen MR) is 83.5 cm³/mol. The molecule has 0 radical (unpaired) electrons. The Hall–Kier alpha value is -1.42. The second kappa shape index (κ2) is 7.39. The summed E-state index contributed by atoms with van der Waals surface area (Å²) in [5.74, 6) is 0.854. The third kappa shape index (κ3) is 4.04. The lowest BCUT2D eigenvalue weighted by molar-refractivity contribution is 0.115. The Bertz CT molecular complexity index is 417. The lowest BCUT2D eigenvalue weighted by Gasteiger charge is -2.26. The molecule has 2 N–H and O–H groups in total. The average Bonchev–Trinajstić information content (AvgIpc) is 2.95. The van der Waals surface area contributed by atoms with Crippen molar-refractivity contribution in [1.29, 1.82) is 0 Å². The highest BCUT2D eigenvalue weighted by Crippen LogP contribution is 2.27. The van der Waals surface area contributed by atoms with Gasteiger partial charge in [-0.15, -0.1) is 0 Å². The highest BCUT2D eigenvalue weighted by molar-refractivity contribution is 5.60. The Morgan fingerprint density at radius 1 is 1.35 bits per heavy atom. The number of nitrogen functional groups attached to an aromatic ring is 1. The van der Waals surface area contributed by atoms with Crippen molar-refractivity contribution in [3.8, 4) is 5.75 Å². The first-order chi connectivity index (χ1) is 9.72. The van der Waals surface area contributed by atoms with E-state index in [9.17, 15) is 0 Å². The monoisotopic (exact) mass is 278 g/mol. The Morgan fingerprint density at radius 3 is 2.85 bits per heavy atom. The SMILES string of the molecule is CCCOc1cc(N)cc(N(CC)CC2CCCO2)c1. The number of benzene rings is 1. The number of nitrogens with zero attached hydrogens (tertiary/aromatic N) is 1. The highest BCUT2D eigenvalue weighted by atomic mass is 16.5. The Kier molecular flexibility index (Phi) is 5.53. The summed E-state index contributed by atoms with van der Waals surface area (Å²) in [7, 11) is 0. The second-order valence-electron chi connectivity index (χ2n) is 5.28. The van der Waals surface area contributed by atoms with E-state index in [0.717, 1.165) is 56.3 Å². The molecule has 1 fully saturated rings. The molecular weight excluding hydrogens is 252 g/mol. The van der Waals surface area contributed by atoms with Gasteiger partial charge in [0.1, 0.15) is 5.75 Å². The first-order valence-electron chi connectivity index (χ1n) is 7.62. The summed E-state index contributed by atoms with van der Waals surface area (Å²) in [5.41, 5.74) is 7.86. The molecule has 112 valence electrons. The summed E-state index contributed by atoms with van der Waals surface area (Å²) in [6.45, 7) is 7.74. The van der Waals surface area contributed by atoms with E-state index in [4.69, 9.17) is 15.2 Å². The fraction of sp³-hybridized carbons (Fsp3) is 0.625. The Labute approximate surface area is 121 Å². The molecular formula is C16H26N2O2. The quantitative estimate of drug-likeness (QED) is 0.779. The summed E-state index contributed by atoms with van der Waals surface area (Å²) in [6, 6.07) is 5.97. The molecule has 1 aromatic rings. The number of hydrogen-bond donors (Lipinski definition) is 1. The van der Waals surface area contributed by atoms with E-state index >= 15 is 0 Å². The molecule has 2 rings (SSSR count). The van der Waals surface area contributed by atoms with Crippen molar-refractivity contribution >= 4 is 11.4 Å². The van der Waals surface area contributed by atoms with E-state index in [1.807, 2.05) is 12.1 Å². The van der Waals surface area contributed by atoms with E-state index in [-0.39, 0.29) is 0 Å². The molecule has 4 heteroatoms. The fourth-order valence-electron chi connectivity index (χ4n) is 2.54. The van der Waals surface area contributed by atoms with Crippen LogP contribution < -0.4 is 15.4 Å². The van der Waals surface area contributed by atoms with Crippen LogP contribution in [-0.2, 0) is 4.74 Å². The van der Waals surface area contributed by atoms with Gasteiger partial charge in [0.05, 0.1) is 12.7 Å². The normalized spacial score (nSPS) is 18.2. The highest BCUT2D eigenvalue weighted by Gasteiger charge is 2.19. The van der Waals surface area contributed by atoms with Gasteiger partial charge in [0.2, 0.25) is 0 Å². The lowest BCUT2D eigenvalue weighted by Crippen LogP contribution is -2.32. The van der Waals surface area contributed by atoms with E-state index in [1.165, 1.54) is 6.42 Å². The summed E-state index contributed by atoms with van der Waals surface area (Å²) in [4.78, 5) is 2.31. The predicted octanol–water partition coefficient (Wildman–Crippen LogP) is 3.06. The Balaban J connectivity index is 2.08. The molecule has 1 heterocycles. The number of anilines is 2. The first-order valence-corrected chi connectivity index (χ1v) is 7.62. The van der Waals surface area contributed by atoms with E-state index in [0.29, 0.717) is 6.10 Å². The van der Waals surface area contributed by atoms with E-state index in [1.54, 1.807) is 0 Å². The molecule has 4 nitrogen and oxygen atoms in total. The van der Waals surface area contributed by atoms with Crippen LogP contribution in [0.3, 0.4) is 0 Å². The molecule has 1 atom stereocenters. The van der Waals surface area contributed by atoms with Crippen LogP contribution in [0.2, 0.25) is 0 Å². The molecule has 1 aliphatic rings. The van der Waals surface area contributed by atoms with Crippen molar-refractivity contribution in [3.63, 3.8) is 0 Å². The van der Waals surface area contributed by atoms with Crippen molar-refractivity contribution in [2.45, 2.75) is 39.2 Å². The van der Waals surface area contributed by atoms with Gasteiger partial charge in [-0.05, 0) is 32.3 Å². The maximum atomic E-state index is 5.99. The summed E-state index contributed by atoms with van der Waals surface area (Å²) >= 11 is 0. The number of likely N-dealkylation sites (N-methyl/N-ethyl adjacent to an activating group) is 1. The molecule has 0 spiro atoms. The van der Waals surface area contributed by atoms with Gasteiger partial charge in [-0.2, -0.15) is 0 Å². The number of hydrogen-bond acceptors (Lipinski definition) is 4. The van der Waals surface area contributed by atoms with Crippen molar-refractivity contribution in [2.75, 3.05) is 36.9 Å². The number of rotatable bonds is 7. The van der Waals surface area contributed by atoms with Crippen LogP contribution in [0.25, 0.3) is 0 Å². The van der Waals surface area contributed by atoms with Gasteiger partial charge in [-0.25, -0.2) is 0 Å². The van der Waals surface area contributed by atoms with Gasteiger partial charge < -0.3 is 20.1 Å². The van der Waals surface area contributed by atoms with Gasteiger partial charge in [0.15, 0.2) is 0 Å². The fourth-order valence-corrected chi connectivity index (χ4v) is 2.54. The van der Waals surface area contributed by atoms with E-state index in [2.05, 4.69) is 24.8 Å². The smallest absolute Gasteiger partial charge is 0.123 e. The molecule has 0 aromatic heterocycles. The molecule has 0 amide bonds. The summed E-state index contributed by atoms with van der Waals surface area (Å²) in [5, 5.41) is 0. The van der Waals surface area contributed by atoms with Crippen LogP contribution in [0.5, 0.6) is 5.75 Å². The van der Waals surface area contributed by atoms with E-state index < -0.39 is 0 Å². The maximum Gasteiger partial charge on any atom is 0.123 e. The molecule has 0 saturated carbocycles. The minimum absolute atomic E-state index is 0.344. The standard InChI is InChI=1S/C16H26N2O2/c1-3-7-19-16-10-13(17)9-14(11-16)18(4-2)12-15-6-5-8-20-15/h9-11,15H,3-8,12,17H2,1-2H3. The molecule has 0 aliphatic carbocycles. The zero-order valence-electron chi connectivity index (χ0n) is 12.6. The first kappa shape index (κ1) is 15.0. The average molecular weight is 278 g/mol. The molecule has 1 saturated heterocycles. The van der Waals surface area contributed by atoms with Gasteiger partial charge in [0.25, 0.3) is 0 Å². The van der Waals surface area contributed by atoms with Crippen molar-refractivity contribution < 1.29 is 9.47 Å². The summed E-state index contributed by atoms with van der Waals surface area (Å²) < 4.78 is 11.4. The van der Waals surface area contributed by atoms with Crippen molar-refractivity contribution in [3.05, 3.63) is 18.2 Å². The van der Waals surface area contributed by atoms with Crippen LogP contribution >= 0.6 is 0 Å². The van der Waals surface area contributed by atoms with Gasteiger partial charge in [-0.3, -0.25) is 0 Å². The maximum absolute atomic E-state index is 5.99. The third-order valence-electron chi connectivity index (χ3n) is 3.58. The summed E-state index contributed by atoms with van der Waals surface area (Å²) in [6.07, 6.45) is 3.66. The van der Waals surface area contributed by atoms with Crippen molar-refractivity contribution in [2.24, 2.45) is 0 Å². The molecule has 0 bridgehead atoms. The lowest BCUT2D eigenvalue weighted by atomic mass is 10.2. The number of nitrogens with two attached hydrogens (primary N) is 1. The molecule has 1 unspecified atom stereocenters. The zero-order valence-corrected chi connectivity index (χ0v) is 12.6. The van der Waals surface area contributed by atoms with Gasteiger partial charge in [-0.1, -0.05) is 6.92 Å². The molecule has 20 heavy (non-hydrogen) atoms. The zero-order chi connectivity index (χ0) is 14.4. The third-order valence-corrected chi connectivity index (χ3v) is 3.58. The van der Waals surface area contributed by atoms with Gasteiger partial charge >= 0.3 is 0 Å². The van der Waals surface area contributed by atoms with Crippen LogP contribution in [0, 0.1) is 0 Å². The molecule has 1 aliphatic heterocycles. The minimum atomic E-state index is 0.344. The topological polar surface area (TPSA) is 47.7 Å². The van der Waals surface area contributed by atoms with Crippen molar-refractivity contribution in [1.82, 2.24) is 0 Å². The second-order valence-corrected chi connectivity index (χ2v) is 5.28. The Morgan fingerprint density at radius 2 is 2.20 bits per heavy atom. The largest absolute Gasteiger partial charge is 0.493 e. The van der Waals surface area contributed by atoms with Crippen LogP contribution in [0.4, 0.5) is 11.4 Å². The van der Waals surface area contributed by atoms with Crippen LogP contribution in [-0.4, -0.2) is 32.4 Å². The molecule has 1 aromatic carbocycles. The number of ether oxygens (including phenoxy) is 2. The minimum Gasteiger partial charge on any atom is -0.493 e. The van der Waals surface area contributed by atoms with Gasteiger partial charge in [0, 0.05) is 43.2 Å². The van der Waals surface area contributed by atoms with Crippen LogP contribution in [0.1, 0.15) is 33.1 Å². The van der Waals surface area contributed by atoms with Crippen LogP contribution in [0.15, 0.2) is 18.2 Å².